The van der Waals surface area contributed by atoms with Gasteiger partial charge in [0.05, 0.1) is 12.6 Å². The average Bonchev–Trinajstić information content (AvgIpc) is 2.97. The maximum Gasteiger partial charge on any atom is 0.314 e. The van der Waals surface area contributed by atoms with Crippen molar-refractivity contribution in [1.29, 1.82) is 0 Å². The summed E-state index contributed by atoms with van der Waals surface area (Å²) >= 11 is 1.75. The van der Waals surface area contributed by atoms with Crippen molar-refractivity contribution in [3.63, 3.8) is 0 Å². The molecular weight excluding hydrogens is 298 g/mol. The second kappa shape index (κ2) is 6.98. The molecule has 22 heavy (non-hydrogen) atoms. The Morgan fingerprint density at radius 3 is 2.73 bits per heavy atom. The second-order valence-electron chi connectivity index (χ2n) is 6.50. The van der Waals surface area contributed by atoms with Crippen molar-refractivity contribution < 1.29 is 9.90 Å². The smallest absolute Gasteiger partial charge is 0.314 e. The normalized spacial score (nSPS) is 21.5. The Bertz CT molecular complexity index is 482. The molecule has 1 saturated heterocycles. The van der Waals surface area contributed by atoms with E-state index in [1.54, 1.807) is 11.3 Å². The van der Waals surface area contributed by atoms with Crippen LogP contribution in [-0.4, -0.2) is 48.8 Å². The van der Waals surface area contributed by atoms with Gasteiger partial charge in [0.2, 0.25) is 0 Å². The number of nitrogens with one attached hydrogen (secondary N) is 2. The lowest BCUT2D eigenvalue weighted by Crippen LogP contribution is -2.43. The van der Waals surface area contributed by atoms with Crippen molar-refractivity contribution in [3.8, 4) is 0 Å². The summed E-state index contributed by atoms with van der Waals surface area (Å²) in [6.07, 6.45) is 4.50. The zero-order chi connectivity index (χ0) is 15.4. The highest BCUT2D eigenvalue weighted by molar-refractivity contribution is 7.10. The molecule has 1 aliphatic heterocycles. The van der Waals surface area contributed by atoms with Crippen molar-refractivity contribution in [3.05, 3.63) is 22.4 Å². The van der Waals surface area contributed by atoms with Gasteiger partial charge in [-0.3, -0.25) is 4.90 Å². The standard InChI is InChI=1S/C16H25N3O2S/c20-12-16(5-6-16)11-18-15(21)17-10-13(14-4-3-9-22-14)19-7-1-2-8-19/h3-4,9,13,20H,1-2,5-8,10-12H2,(H2,17,18,21). The van der Waals surface area contributed by atoms with Crippen molar-refractivity contribution in [2.75, 3.05) is 32.8 Å². The zero-order valence-electron chi connectivity index (χ0n) is 12.9. The van der Waals surface area contributed by atoms with Crippen LogP contribution in [0.3, 0.4) is 0 Å². The van der Waals surface area contributed by atoms with Gasteiger partial charge in [-0.25, -0.2) is 4.79 Å². The first kappa shape index (κ1) is 15.8. The van der Waals surface area contributed by atoms with Gasteiger partial charge in [-0.1, -0.05) is 6.07 Å². The molecule has 1 atom stereocenters. The summed E-state index contributed by atoms with van der Waals surface area (Å²) in [6.45, 7) is 3.60. The van der Waals surface area contributed by atoms with E-state index in [9.17, 15) is 9.90 Å². The fourth-order valence-corrected chi connectivity index (χ4v) is 3.89. The Morgan fingerprint density at radius 1 is 1.36 bits per heavy atom. The molecule has 3 N–H and O–H groups in total. The van der Waals surface area contributed by atoms with E-state index >= 15 is 0 Å². The number of amides is 2. The molecule has 5 nitrogen and oxygen atoms in total. The lowest BCUT2D eigenvalue weighted by atomic mass is 10.1. The van der Waals surface area contributed by atoms with Gasteiger partial charge in [-0.05, 0) is 50.2 Å². The topological polar surface area (TPSA) is 64.6 Å². The van der Waals surface area contributed by atoms with Gasteiger partial charge < -0.3 is 15.7 Å². The fourth-order valence-electron chi connectivity index (χ4n) is 3.03. The maximum absolute atomic E-state index is 12.0. The van der Waals surface area contributed by atoms with Crippen molar-refractivity contribution >= 4 is 17.4 Å². The van der Waals surface area contributed by atoms with Crippen LogP contribution in [0, 0.1) is 5.41 Å². The van der Waals surface area contributed by atoms with Crippen molar-refractivity contribution in [2.24, 2.45) is 5.41 Å². The van der Waals surface area contributed by atoms with Gasteiger partial charge in [-0.2, -0.15) is 0 Å². The first-order valence-electron chi connectivity index (χ1n) is 8.12. The number of aliphatic hydroxyl groups is 1. The SMILES string of the molecule is O=C(NCC(c1cccs1)N1CCCC1)NCC1(CO)CC1. The van der Waals surface area contributed by atoms with Crippen LogP contribution in [0.4, 0.5) is 4.79 Å². The summed E-state index contributed by atoms with van der Waals surface area (Å²) in [7, 11) is 0. The third-order valence-corrected chi connectivity index (χ3v) is 5.80. The van der Waals surface area contributed by atoms with Crippen LogP contribution in [0.5, 0.6) is 0 Å². The van der Waals surface area contributed by atoms with Crippen LogP contribution in [0.2, 0.25) is 0 Å². The van der Waals surface area contributed by atoms with Gasteiger partial charge in [-0.15, -0.1) is 11.3 Å². The number of carbonyl (C=O) groups excluding carboxylic acids is 1. The van der Waals surface area contributed by atoms with Crippen LogP contribution in [-0.2, 0) is 0 Å². The molecule has 2 amide bonds. The maximum atomic E-state index is 12.0. The number of rotatable bonds is 7. The lowest BCUT2D eigenvalue weighted by molar-refractivity contribution is 0.199. The number of hydrogen-bond acceptors (Lipinski definition) is 4. The van der Waals surface area contributed by atoms with E-state index in [0.717, 1.165) is 25.9 Å². The highest BCUT2D eigenvalue weighted by Gasteiger charge is 2.42. The first-order valence-corrected chi connectivity index (χ1v) is 9.00. The van der Waals surface area contributed by atoms with Gasteiger partial charge in [0.15, 0.2) is 0 Å². The Morgan fingerprint density at radius 2 is 2.14 bits per heavy atom. The number of thiophene rings is 1. The van der Waals surface area contributed by atoms with E-state index in [1.807, 2.05) is 0 Å². The fraction of sp³-hybridized carbons (Fsp3) is 0.688. The molecule has 2 fully saturated rings. The van der Waals surface area contributed by atoms with Crippen LogP contribution in [0.25, 0.3) is 0 Å². The monoisotopic (exact) mass is 323 g/mol. The van der Waals surface area contributed by atoms with Gasteiger partial charge in [0.25, 0.3) is 0 Å². The van der Waals surface area contributed by atoms with Gasteiger partial charge in [0, 0.05) is 23.4 Å². The molecule has 6 heteroatoms. The molecule has 0 spiro atoms. The Kier molecular flexibility index (Phi) is 5.00. The average molecular weight is 323 g/mol. The quantitative estimate of drug-likeness (QED) is 0.719. The highest BCUT2D eigenvalue weighted by Crippen LogP contribution is 2.44. The molecule has 0 bridgehead atoms. The molecule has 2 aliphatic rings. The van der Waals surface area contributed by atoms with Crippen molar-refractivity contribution in [1.82, 2.24) is 15.5 Å². The van der Waals surface area contributed by atoms with E-state index in [-0.39, 0.29) is 24.1 Å². The van der Waals surface area contributed by atoms with E-state index < -0.39 is 0 Å². The van der Waals surface area contributed by atoms with E-state index in [1.165, 1.54) is 17.7 Å². The van der Waals surface area contributed by atoms with E-state index in [2.05, 4.69) is 33.0 Å². The predicted molar refractivity (Wildman–Crippen MR) is 88.0 cm³/mol. The second-order valence-corrected chi connectivity index (χ2v) is 7.48. The van der Waals surface area contributed by atoms with Crippen LogP contribution < -0.4 is 10.6 Å². The summed E-state index contributed by atoms with van der Waals surface area (Å²) in [6, 6.07) is 4.38. The molecule has 1 aromatic rings. The number of nitrogens with zero attached hydrogens (tertiary/aromatic N) is 1. The van der Waals surface area contributed by atoms with Crippen molar-refractivity contribution in [2.45, 2.75) is 31.7 Å². The molecule has 3 rings (SSSR count). The largest absolute Gasteiger partial charge is 0.396 e. The molecule has 0 aromatic carbocycles. The van der Waals surface area contributed by atoms with Crippen LogP contribution in [0.1, 0.15) is 36.6 Å². The summed E-state index contributed by atoms with van der Waals surface area (Å²) in [4.78, 5) is 15.8. The summed E-state index contributed by atoms with van der Waals surface area (Å²) in [5.41, 5.74) is -0.0422. The third-order valence-electron chi connectivity index (χ3n) is 4.83. The zero-order valence-corrected chi connectivity index (χ0v) is 13.7. The minimum absolute atomic E-state index is 0.0422. The summed E-state index contributed by atoms with van der Waals surface area (Å²) < 4.78 is 0. The summed E-state index contributed by atoms with van der Waals surface area (Å²) in [5, 5.41) is 17.3. The molecule has 1 unspecified atom stereocenters. The van der Waals surface area contributed by atoms with E-state index in [4.69, 9.17) is 0 Å². The highest BCUT2D eigenvalue weighted by atomic mass is 32.1. The first-order chi connectivity index (χ1) is 10.7. The van der Waals surface area contributed by atoms with Gasteiger partial charge in [0.1, 0.15) is 0 Å². The number of hydrogen-bond donors (Lipinski definition) is 3. The van der Waals surface area contributed by atoms with Crippen LogP contribution in [0.15, 0.2) is 17.5 Å². The molecule has 1 saturated carbocycles. The molecular formula is C16H25N3O2S. The number of aliphatic hydroxyl groups excluding tert-OH is 1. The summed E-state index contributed by atoms with van der Waals surface area (Å²) in [5.74, 6) is 0. The third kappa shape index (κ3) is 3.80. The van der Waals surface area contributed by atoms with Crippen LogP contribution >= 0.6 is 11.3 Å². The van der Waals surface area contributed by atoms with Gasteiger partial charge >= 0.3 is 6.03 Å². The lowest BCUT2D eigenvalue weighted by Gasteiger charge is -2.27. The molecule has 0 radical (unpaired) electrons. The molecule has 122 valence electrons. The predicted octanol–water partition coefficient (Wildman–Crippen LogP) is 1.96. The number of likely N-dealkylation sites (tertiary alicyclic amines) is 1. The number of carbonyl (C=O) groups is 1. The Hall–Kier alpha value is -1.11. The Labute approximate surface area is 135 Å². The van der Waals surface area contributed by atoms with E-state index in [0.29, 0.717) is 13.1 Å². The molecule has 1 aliphatic carbocycles. The minimum Gasteiger partial charge on any atom is -0.396 e. The molecule has 1 aromatic heterocycles. The Balaban J connectivity index is 1.49. The molecule has 2 heterocycles. The number of urea groups is 1. The minimum atomic E-state index is -0.125.